The molecule has 1 heterocycles. The van der Waals surface area contributed by atoms with Crippen LogP contribution >= 0.6 is 23.2 Å². The summed E-state index contributed by atoms with van der Waals surface area (Å²) in [5.74, 6) is -1.46. The number of hydrogen-bond acceptors (Lipinski definition) is 3. The molecule has 0 spiro atoms. The monoisotopic (exact) mass is 464 g/mol. The minimum absolute atomic E-state index is 0.159. The fourth-order valence-corrected chi connectivity index (χ4v) is 3.83. The van der Waals surface area contributed by atoms with Crippen molar-refractivity contribution in [3.05, 3.63) is 105 Å². The molecular weight excluding hydrogens is 447 g/mol. The van der Waals surface area contributed by atoms with Crippen LogP contribution in [-0.4, -0.2) is 17.8 Å². The molecule has 32 heavy (non-hydrogen) atoms. The van der Waals surface area contributed by atoms with Gasteiger partial charge in [0.1, 0.15) is 5.57 Å². The van der Waals surface area contributed by atoms with Crippen molar-refractivity contribution < 1.29 is 14.4 Å². The van der Waals surface area contributed by atoms with Gasteiger partial charge < -0.3 is 0 Å². The molecule has 1 fully saturated rings. The molecule has 0 aromatic heterocycles. The van der Waals surface area contributed by atoms with Gasteiger partial charge in [0.25, 0.3) is 11.8 Å². The standard InChI is InChI=1S/C25H18Cl2N2O3/c1-15-6-10-20(11-7-15)29-24(31)21(23(30)28-25(29)32)14-18-13-19(26)9-8-16(18)12-17-4-2-3-5-22(17)27/h2-11,13-14H,12H2,1H3,(H,28,30,32)/b21-14+. The number of urea groups is 1. The van der Waals surface area contributed by atoms with E-state index in [0.717, 1.165) is 21.6 Å². The van der Waals surface area contributed by atoms with Gasteiger partial charge in [-0.15, -0.1) is 0 Å². The van der Waals surface area contributed by atoms with Gasteiger partial charge in [-0.2, -0.15) is 0 Å². The fourth-order valence-electron chi connectivity index (χ4n) is 3.45. The van der Waals surface area contributed by atoms with E-state index in [1.165, 1.54) is 6.08 Å². The molecular formula is C25H18Cl2N2O3. The first-order chi connectivity index (χ1) is 15.3. The Bertz CT molecular complexity index is 1270. The van der Waals surface area contributed by atoms with Crippen LogP contribution in [0.15, 0.2) is 72.3 Å². The highest BCUT2D eigenvalue weighted by Gasteiger charge is 2.36. The van der Waals surface area contributed by atoms with Crippen molar-refractivity contribution in [3.63, 3.8) is 0 Å². The average Bonchev–Trinajstić information content (AvgIpc) is 2.75. The van der Waals surface area contributed by atoms with E-state index in [1.54, 1.807) is 42.5 Å². The second-order valence-corrected chi connectivity index (χ2v) is 8.25. The summed E-state index contributed by atoms with van der Waals surface area (Å²) in [4.78, 5) is 39.1. The van der Waals surface area contributed by atoms with Crippen LogP contribution in [0.1, 0.15) is 22.3 Å². The molecule has 0 bridgehead atoms. The van der Waals surface area contributed by atoms with Gasteiger partial charge in [-0.1, -0.05) is 65.2 Å². The molecule has 1 aliphatic rings. The summed E-state index contributed by atoms with van der Waals surface area (Å²) in [7, 11) is 0. The van der Waals surface area contributed by atoms with E-state index in [2.05, 4.69) is 5.32 Å². The molecule has 5 nitrogen and oxygen atoms in total. The molecule has 0 saturated carbocycles. The smallest absolute Gasteiger partial charge is 0.273 e. The lowest BCUT2D eigenvalue weighted by Crippen LogP contribution is -2.54. The Morgan fingerprint density at radius 2 is 1.62 bits per heavy atom. The van der Waals surface area contributed by atoms with Crippen LogP contribution in [0.5, 0.6) is 0 Å². The summed E-state index contributed by atoms with van der Waals surface area (Å²) in [6.07, 6.45) is 1.94. The maximum Gasteiger partial charge on any atom is 0.335 e. The Kier molecular flexibility index (Phi) is 6.12. The summed E-state index contributed by atoms with van der Waals surface area (Å²) >= 11 is 12.5. The van der Waals surface area contributed by atoms with Crippen LogP contribution in [0.2, 0.25) is 10.0 Å². The highest BCUT2D eigenvalue weighted by atomic mass is 35.5. The maximum atomic E-state index is 13.2. The quantitative estimate of drug-likeness (QED) is 0.405. The van der Waals surface area contributed by atoms with Crippen molar-refractivity contribution >= 4 is 52.8 Å². The first-order valence-corrected chi connectivity index (χ1v) is 10.6. The lowest BCUT2D eigenvalue weighted by molar-refractivity contribution is -0.122. The number of amides is 4. The number of anilines is 1. The number of hydrogen-bond donors (Lipinski definition) is 1. The summed E-state index contributed by atoms with van der Waals surface area (Å²) in [6.45, 7) is 1.90. The molecule has 4 amide bonds. The molecule has 7 heteroatoms. The Morgan fingerprint density at radius 1 is 0.906 bits per heavy atom. The van der Waals surface area contributed by atoms with E-state index in [9.17, 15) is 14.4 Å². The number of nitrogens with one attached hydrogen (secondary N) is 1. The second kappa shape index (κ2) is 8.99. The van der Waals surface area contributed by atoms with Gasteiger partial charge in [0, 0.05) is 10.0 Å². The summed E-state index contributed by atoms with van der Waals surface area (Å²) < 4.78 is 0. The van der Waals surface area contributed by atoms with Gasteiger partial charge in [0.05, 0.1) is 5.69 Å². The van der Waals surface area contributed by atoms with E-state index in [4.69, 9.17) is 23.2 Å². The SMILES string of the molecule is Cc1ccc(N2C(=O)NC(=O)/C(=C\c3cc(Cl)ccc3Cc3ccccc3Cl)C2=O)cc1. The number of carbonyl (C=O) groups excluding carboxylic acids is 3. The van der Waals surface area contributed by atoms with Crippen molar-refractivity contribution in [1.82, 2.24) is 5.32 Å². The van der Waals surface area contributed by atoms with E-state index < -0.39 is 17.8 Å². The zero-order valence-corrected chi connectivity index (χ0v) is 18.6. The lowest BCUT2D eigenvalue weighted by Gasteiger charge is -2.26. The zero-order valence-electron chi connectivity index (χ0n) is 17.1. The number of halogens is 2. The van der Waals surface area contributed by atoms with E-state index in [1.807, 2.05) is 31.2 Å². The highest BCUT2D eigenvalue weighted by molar-refractivity contribution is 6.39. The zero-order chi connectivity index (χ0) is 22.8. The summed E-state index contributed by atoms with van der Waals surface area (Å²) in [5.41, 5.74) is 3.51. The molecule has 3 aromatic rings. The predicted molar refractivity (Wildman–Crippen MR) is 126 cm³/mol. The summed E-state index contributed by atoms with van der Waals surface area (Å²) in [6, 6.07) is 18.8. The topological polar surface area (TPSA) is 66.5 Å². The van der Waals surface area contributed by atoms with Crippen LogP contribution < -0.4 is 10.2 Å². The van der Waals surface area contributed by atoms with Gasteiger partial charge in [-0.3, -0.25) is 14.9 Å². The Balaban J connectivity index is 1.75. The third-order valence-electron chi connectivity index (χ3n) is 5.14. The normalized spacial score (nSPS) is 15.3. The molecule has 1 saturated heterocycles. The Morgan fingerprint density at radius 3 is 2.34 bits per heavy atom. The van der Waals surface area contributed by atoms with E-state index in [-0.39, 0.29) is 5.57 Å². The number of rotatable bonds is 4. The van der Waals surface area contributed by atoms with Gasteiger partial charge in [-0.25, -0.2) is 9.69 Å². The van der Waals surface area contributed by atoms with Gasteiger partial charge in [0.2, 0.25) is 0 Å². The fraction of sp³-hybridized carbons (Fsp3) is 0.0800. The third-order valence-corrected chi connectivity index (χ3v) is 5.74. The molecule has 1 N–H and O–H groups in total. The first kappa shape index (κ1) is 21.8. The highest BCUT2D eigenvalue weighted by Crippen LogP contribution is 2.27. The number of benzene rings is 3. The van der Waals surface area contributed by atoms with Crippen LogP contribution in [0.3, 0.4) is 0 Å². The number of imide groups is 2. The van der Waals surface area contributed by atoms with E-state index in [0.29, 0.717) is 27.7 Å². The molecule has 0 atom stereocenters. The average molecular weight is 465 g/mol. The molecule has 0 radical (unpaired) electrons. The van der Waals surface area contributed by atoms with Crippen molar-refractivity contribution in [2.24, 2.45) is 0 Å². The number of carbonyl (C=O) groups is 3. The number of aryl methyl sites for hydroxylation is 1. The van der Waals surface area contributed by atoms with Gasteiger partial charge in [-0.05, 0) is 66.4 Å². The molecule has 4 rings (SSSR count). The van der Waals surface area contributed by atoms with Crippen molar-refractivity contribution in [1.29, 1.82) is 0 Å². The molecule has 0 aliphatic carbocycles. The predicted octanol–water partition coefficient (Wildman–Crippen LogP) is 5.56. The van der Waals surface area contributed by atoms with Crippen molar-refractivity contribution in [3.8, 4) is 0 Å². The number of nitrogens with zero attached hydrogens (tertiary/aromatic N) is 1. The number of barbiturate groups is 1. The van der Waals surface area contributed by atoms with Crippen LogP contribution in [0.25, 0.3) is 6.08 Å². The minimum atomic E-state index is -0.789. The second-order valence-electron chi connectivity index (χ2n) is 7.40. The third kappa shape index (κ3) is 4.44. The lowest BCUT2D eigenvalue weighted by atomic mass is 9.97. The molecule has 3 aromatic carbocycles. The summed E-state index contributed by atoms with van der Waals surface area (Å²) in [5, 5.41) is 3.31. The molecule has 1 aliphatic heterocycles. The van der Waals surface area contributed by atoms with E-state index >= 15 is 0 Å². The van der Waals surface area contributed by atoms with Crippen molar-refractivity contribution in [2.45, 2.75) is 13.3 Å². The maximum absolute atomic E-state index is 13.2. The largest absolute Gasteiger partial charge is 0.335 e. The van der Waals surface area contributed by atoms with Gasteiger partial charge in [0.15, 0.2) is 0 Å². The Labute approximate surface area is 195 Å². The molecule has 0 unspecified atom stereocenters. The minimum Gasteiger partial charge on any atom is -0.273 e. The molecule has 160 valence electrons. The van der Waals surface area contributed by atoms with Gasteiger partial charge >= 0.3 is 6.03 Å². The van der Waals surface area contributed by atoms with Crippen molar-refractivity contribution in [2.75, 3.05) is 4.90 Å². The first-order valence-electron chi connectivity index (χ1n) is 9.83. The van der Waals surface area contributed by atoms with Crippen LogP contribution in [0.4, 0.5) is 10.5 Å². The van der Waals surface area contributed by atoms with Crippen LogP contribution in [0, 0.1) is 6.92 Å². The van der Waals surface area contributed by atoms with Crippen LogP contribution in [-0.2, 0) is 16.0 Å². The Hall–Kier alpha value is -3.41.